The van der Waals surface area contributed by atoms with Gasteiger partial charge in [-0.2, -0.15) is 0 Å². The van der Waals surface area contributed by atoms with Gasteiger partial charge in [-0.25, -0.2) is 22.0 Å². The highest BCUT2D eigenvalue weighted by molar-refractivity contribution is 7.92. The summed E-state index contributed by atoms with van der Waals surface area (Å²) in [6.45, 7) is 0.127. The molecule has 0 atom stereocenters. The molecule has 1 amide bonds. The predicted octanol–water partition coefficient (Wildman–Crippen LogP) is 4.83. The van der Waals surface area contributed by atoms with Crippen LogP contribution in [0.3, 0.4) is 0 Å². The molecule has 9 heteroatoms. The van der Waals surface area contributed by atoms with Crippen LogP contribution in [0.15, 0.2) is 47.4 Å². The lowest BCUT2D eigenvalue weighted by atomic mass is 9.78. The summed E-state index contributed by atoms with van der Waals surface area (Å²) < 4.78 is 59.6. The van der Waals surface area contributed by atoms with Crippen molar-refractivity contribution in [2.24, 2.45) is 5.92 Å². The largest absolute Gasteiger partial charge is 0.449 e. The summed E-state index contributed by atoms with van der Waals surface area (Å²) >= 11 is 5.89. The normalized spacial score (nSPS) is 21.8. The monoisotopic (exact) mass is 457 g/mol. The number of hydrogen-bond acceptors (Lipinski definition) is 4. The van der Waals surface area contributed by atoms with Crippen LogP contribution >= 0.6 is 11.6 Å². The smallest absolute Gasteiger partial charge is 0.406 e. The Balaban J connectivity index is 2.00. The third-order valence-corrected chi connectivity index (χ3v) is 8.43. The maximum Gasteiger partial charge on any atom is 0.406 e. The molecule has 1 aliphatic rings. The fourth-order valence-electron chi connectivity index (χ4n) is 3.95. The van der Waals surface area contributed by atoms with Crippen molar-refractivity contribution >= 4 is 27.5 Å². The van der Waals surface area contributed by atoms with E-state index in [0.717, 1.165) is 18.2 Å². The van der Waals surface area contributed by atoms with Gasteiger partial charge in [0, 0.05) is 17.6 Å². The lowest BCUT2D eigenvalue weighted by Crippen LogP contribution is -2.41. The highest BCUT2D eigenvalue weighted by Crippen LogP contribution is 2.49. The van der Waals surface area contributed by atoms with Crippen LogP contribution in [0.4, 0.5) is 13.6 Å². The van der Waals surface area contributed by atoms with Crippen molar-refractivity contribution < 1.29 is 26.7 Å². The molecule has 0 radical (unpaired) electrons. The Bertz CT molecular complexity index is 1020. The van der Waals surface area contributed by atoms with Crippen molar-refractivity contribution in [1.82, 2.24) is 5.32 Å². The van der Waals surface area contributed by atoms with Gasteiger partial charge < -0.3 is 10.1 Å². The molecule has 5 nitrogen and oxygen atoms in total. The second-order valence-electron chi connectivity index (χ2n) is 7.37. The molecule has 0 spiro atoms. The fourth-order valence-corrected chi connectivity index (χ4v) is 6.24. The van der Waals surface area contributed by atoms with Gasteiger partial charge in [-0.05, 0) is 74.1 Å². The SMILES string of the molecule is CNC(=O)OC[C@H]1CC[C@@](c2cc(F)ccc2F)(S(=O)(=O)c2ccc(Cl)cc2)CC1. The summed E-state index contributed by atoms with van der Waals surface area (Å²) in [5.41, 5.74) is -0.178. The van der Waals surface area contributed by atoms with Crippen molar-refractivity contribution in [2.45, 2.75) is 35.3 Å². The van der Waals surface area contributed by atoms with Crippen molar-refractivity contribution in [3.63, 3.8) is 0 Å². The number of amides is 1. The van der Waals surface area contributed by atoms with Crippen LogP contribution in [0.25, 0.3) is 0 Å². The van der Waals surface area contributed by atoms with Crippen molar-refractivity contribution in [3.05, 3.63) is 64.7 Å². The van der Waals surface area contributed by atoms with Crippen LogP contribution in [-0.2, 0) is 19.3 Å². The van der Waals surface area contributed by atoms with Crippen LogP contribution in [0, 0.1) is 17.6 Å². The van der Waals surface area contributed by atoms with Crippen molar-refractivity contribution in [1.29, 1.82) is 0 Å². The number of benzene rings is 2. The Hall–Kier alpha value is -2.19. The zero-order valence-corrected chi connectivity index (χ0v) is 17.9. The molecule has 0 aliphatic heterocycles. The second kappa shape index (κ2) is 8.89. The molecule has 1 saturated carbocycles. The molecule has 0 aromatic heterocycles. The fraction of sp³-hybridized carbons (Fsp3) is 0.381. The number of alkyl carbamates (subject to hydrolysis) is 1. The van der Waals surface area contributed by atoms with Gasteiger partial charge in [-0.1, -0.05) is 11.6 Å². The summed E-state index contributed by atoms with van der Waals surface area (Å²) in [6, 6.07) is 8.52. The van der Waals surface area contributed by atoms with Gasteiger partial charge in [0.25, 0.3) is 0 Å². The molecule has 3 rings (SSSR count). The van der Waals surface area contributed by atoms with Crippen LogP contribution in [-0.4, -0.2) is 28.2 Å². The third kappa shape index (κ3) is 4.30. The number of hydrogen-bond donors (Lipinski definition) is 1. The highest BCUT2D eigenvalue weighted by atomic mass is 35.5. The number of carbonyl (C=O) groups is 1. The zero-order valence-electron chi connectivity index (χ0n) is 16.3. The molecule has 0 unspecified atom stereocenters. The molecular formula is C21H22ClF2NO4S. The Morgan fingerprint density at radius 3 is 2.40 bits per heavy atom. The molecule has 162 valence electrons. The van der Waals surface area contributed by atoms with E-state index in [1.54, 1.807) is 0 Å². The number of rotatable bonds is 5. The van der Waals surface area contributed by atoms with Crippen LogP contribution < -0.4 is 5.32 Å². The lowest BCUT2D eigenvalue weighted by Gasteiger charge is -2.40. The van der Waals surface area contributed by atoms with Crippen molar-refractivity contribution in [2.75, 3.05) is 13.7 Å². The van der Waals surface area contributed by atoms with E-state index in [0.29, 0.717) is 17.9 Å². The van der Waals surface area contributed by atoms with Gasteiger partial charge in [0.1, 0.15) is 16.4 Å². The van der Waals surface area contributed by atoms with Crippen molar-refractivity contribution in [3.8, 4) is 0 Å². The summed E-state index contributed by atoms with van der Waals surface area (Å²) in [5.74, 6) is -1.55. The van der Waals surface area contributed by atoms with Gasteiger partial charge in [-0.3, -0.25) is 0 Å². The Morgan fingerprint density at radius 1 is 1.17 bits per heavy atom. The first-order valence-electron chi connectivity index (χ1n) is 9.50. The highest BCUT2D eigenvalue weighted by Gasteiger charge is 2.50. The number of carbonyl (C=O) groups excluding carboxylic acids is 1. The van der Waals surface area contributed by atoms with E-state index in [2.05, 4.69) is 5.32 Å². The van der Waals surface area contributed by atoms with Gasteiger partial charge in [0.15, 0.2) is 9.84 Å². The topological polar surface area (TPSA) is 72.5 Å². The average Bonchev–Trinajstić information content (AvgIpc) is 2.74. The molecule has 2 aromatic rings. The summed E-state index contributed by atoms with van der Waals surface area (Å²) in [4.78, 5) is 11.3. The Kier molecular flexibility index (Phi) is 6.67. The molecular weight excluding hydrogens is 436 g/mol. The first-order valence-corrected chi connectivity index (χ1v) is 11.4. The van der Waals surface area contributed by atoms with E-state index >= 15 is 0 Å². The third-order valence-electron chi connectivity index (χ3n) is 5.62. The minimum atomic E-state index is -4.08. The molecule has 1 aliphatic carbocycles. The quantitative estimate of drug-likeness (QED) is 0.697. The first-order chi connectivity index (χ1) is 14.2. The summed E-state index contributed by atoms with van der Waals surface area (Å²) in [5, 5.41) is 2.72. The van der Waals surface area contributed by atoms with Crippen LogP contribution in [0.5, 0.6) is 0 Å². The van der Waals surface area contributed by atoms with E-state index in [1.165, 1.54) is 31.3 Å². The second-order valence-corrected chi connectivity index (χ2v) is 10.1. The van der Waals surface area contributed by atoms with E-state index in [4.69, 9.17) is 16.3 Å². The zero-order chi connectivity index (χ0) is 21.9. The number of nitrogens with one attached hydrogen (secondary N) is 1. The maximum absolute atomic E-state index is 14.8. The summed E-state index contributed by atoms with van der Waals surface area (Å²) in [7, 11) is -2.63. The van der Waals surface area contributed by atoms with Gasteiger partial charge in [-0.15, -0.1) is 0 Å². The molecule has 0 heterocycles. The molecule has 0 saturated heterocycles. The van der Waals surface area contributed by atoms with Gasteiger partial charge >= 0.3 is 6.09 Å². The van der Waals surface area contributed by atoms with E-state index in [-0.39, 0.29) is 35.8 Å². The number of ether oxygens (including phenoxy) is 1. The minimum Gasteiger partial charge on any atom is -0.449 e. The van der Waals surface area contributed by atoms with E-state index < -0.39 is 32.3 Å². The first kappa shape index (κ1) is 22.5. The average molecular weight is 458 g/mol. The molecule has 2 aromatic carbocycles. The summed E-state index contributed by atoms with van der Waals surface area (Å²) in [6.07, 6.45) is 0.316. The number of sulfone groups is 1. The molecule has 0 bridgehead atoms. The van der Waals surface area contributed by atoms with E-state index in [9.17, 15) is 22.0 Å². The lowest BCUT2D eigenvalue weighted by molar-refractivity contribution is 0.112. The predicted molar refractivity (Wildman–Crippen MR) is 109 cm³/mol. The van der Waals surface area contributed by atoms with Gasteiger partial charge in [0.2, 0.25) is 0 Å². The van der Waals surface area contributed by atoms with Crippen LogP contribution in [0.2, 0.25) is 5.02 Å². The molecule has 1 N–H and O–H groups in total. The van der Waals surface area contributed by atoms with Crippen LogP contribution in [0.1, 0.15) is 31.2 Å². The van der Waals surface area contributed by atoms with E-state index in [1.807, 2.05) is 0 Å². The standard InChI is InChI=1S/C21H22ClF2NO4S/c1-25-20(26)29-13-14-8-10-21(11-9-14,18-12-16(23)4-7-19(18)24)30(27,28)17-5-2-15(22)3-6-17/h2-7,12,14H,8-11,13H2,1H3,(H,25,26)/t14-,21+. The Labute approximate surface area is 179 Å². The number of halogens is 3. The van der Waals surface area contributed by atoms with Gasteiger partial charge in [0.05, 0.1) is 11.5 Å². The Morgan fingerprint density at radius 2 is 1.80 bits per heavy atom. The maximum atomic E-state index is 14.8. The molecule has 30 heavy (non-hydrogen) atoms. The molecule has 1 fully saturated rings. The minimum absolute atomic E-state index is 0.00405.